The highest BCUT2D eigenvalue weighted by molar-refractivity contribution is 8.02. The lowest BCUT2D eigenvalue weighted by molar-refractivity contribution is 0.490. The molecular weight excluding hydrogens is 302 g/mol. The van der Waals surface area contributed by atoms with Gasteiger partial charge in [0, 0.05) is 18.1 Å². The van der Waals surface area contributed by atoms with E-state index in [0.29, 0.717) is 11.1 Å². The Morgan fingerprint density at radius 2 is 1.91 bits per heavy atom. The zero-order chi connectivity index (χ0) is 17.7. The highest BCUT2D eigenvalue weighted by Gasteiger charge is 2.18. The van der Waals surface area contributed by atoms with Gasteiger partial charge < -0.3 is 16.8 Å². The first-order valence-corrected chi connectivity index (χ1v) is 9.64. The predicted molar refractivity (Wildman–Crippen MR) is 106 cm³/mol. The van der Waals surface area contributed by atoms with Gasteiger partial charge >= 0.3 is 0 Å². The van der Waals surface area contributed by atoms with Crippen LogP contribution in [0.4, 0.5) is 0 Å². The van der Waals surface area contributed by atoms with Gasteiger partial charge in [-0.25, -0.2) is 0 Å². The van der Waals surface area contributed by atoms with E-state index in [-0.39, 0.29) is 0 Å². The first kappa shape index (κ1) is 21.9. The van der Waals surface area contributed by atoms with E-state index in [1.165, 1.54) is 36.6 Å². The van der Waals surface area contributed by atoms with E-state index in [4.69, 9.17) is 11.5 Å². The number of benzene rings is 1. The van der Waals surface area contributed by atoms with Gasteiger partial charge in [0.25, 0.3) is 0 Å². The molecule has 1 aliphatic carbocycles. The van der Waals surface area contributed by atoms with Crippen molar-refractivity contribution in [3.05, 3.63) is 46.6 Å². The summed E-state index contributed by atoms with van der Waals surface area (Å²) >= 11 is 1.55. The average Bonchev–Trinajstić information content (AvgIpc) is 2.56. The smallest absolute Gasteiger partial charge is 0.0825 e. The van der Waals surface area contributed by atoms with Gasteiger partial charge in [-0.15, -0.1) is 0 Å². The minimum atomic E-state index is 0.457. The second-order valence-corrected chi connectivity index (χ2v) is 6.99. The van der Waals surface area contributed by atoms with Crippen molar-refractivity contribution in [3.8, 4) is 0 Å². The number of hydrogen-bond donors (Lipinski definition) is 3. The van der Waals surface area contributed by atoms with Crippen LogP contribution in [0.2, 0.25) is 0 Å². The summed E-state index contributed by atoms with van der Waals surface area (Å²) in [6.07, 6.45) is 5.10. The third kappa shape index (κ3) is 9.57. The van der Waals surface area contributed by atoms with E-state index >= 15 is 0 Å². The zero-order valence-electron chi connectivity index (χ0n) is 15.4. The molecule has 5 N–H and O–H groups in total. The fraction of sp³-hybridized carbons (Fsp3) is 0.579. The van der Waals surface area contributed by atoms with Crippen LogP contribution in [0.25, 0.3) is 0 Å². The summed E-state index contributed by atoms with van der Waals surface area (Å²) in [6.45, 7) is 10.5. The van der Waals surface area contributed by atoms with E-state index in [9.17, 15) is 0 Å². The lowest BCUT2D eigenvalue weighted by Gasteiger charge is -2.26. The molecule has 23 heavy (non-hydrogen) atoms. The molecule has 0 spiro atoms. The average molecular weight is 338 g/mol. The Morgan fingerprint density at radius 3 is 2.52 bits per heavy atom. The summed E-state index contributed by atoms with van der Waals surface area (Å²) in [6, 6.07) is 9.13. The van der Waals surface area contributed by atoms with E-state index in [2.05, 4.69) is 50.4 Å². The molecule has 1 aromatic rings. The van der Waals surface area contributed by atoms with E-state index in [1.807, 2.05) is 13.8 Å². The monoisotopic (exact) mass is 337 g/mol. The number of fused-ring (bicyclic) bond motifs is 1. The summed E-state index contributed by atoms with van der Waals surface area (Å²) in [4.78, 5) is 0. The maximum atomic E-state index is 5.64. The van der Waals surface area contributed by atoms with E-state index in [1.54, 1.807) is 11.8 Å². The van der Waals surface area contributed by atoms with Crippen molar-refractivity contribution in [2.24, 2.45) is 17.4 Å². The van der Waals surface area contributed by atoms with Crippen molar-refractivity contribution in [2.45, 2.75) is 59.9 Å². The van der Waals surface area contributed by atoms with Crippen LogP contribution in [-0.2, 0) is 6.42 Å². The Hall–Kier alpha value is -1.13. The molecule has 0 bridgehead atoms. The number of nitrogens with two attached hydrogens (primary N) is 2. The third-order valence-electron chi connectivity index (χ3n) is 3.10. The molecule has 0 aliphatic heterocycles. The van der Waals surface area contributed by atoms with Crippen molar-refractivity contribution >= 4 is 11.8 Å². The SMILES string of the molecule is CC.CC(C)C.N/C=C(/N)SCNC1CCCc2ccccc21. The van der Waals surface area contributed by atoms with Gasteiger partial charge in [-0.2, -0.15) is 0 Å². The van der Waals surface area contributed by atoms with Gasteiger partial charge in [0.05, 0.1) is 5.03 Å². The molecule has 4 heteroatoms. The predicted octanol–water partition coefficient (Wildman–Crippen LogP) is 4.75. The summed E-state index contributed by atoms with van der Waals surface area (Å²) in [5.41, 5.74) is 13.9. The van der Waals surface area contributed by atoms with Gasteiger partial charge in [-0.1, -0.05) is 70.6 Å². The van der Waals surface area contributed by atoms with Crippen LogP contribution in [0.1, 0.15) is 64.6 Å². The van der Waals surface area contributed by atoms with Crippen molar-refractivity contribution in [1.82, 2.24) is 5.32 Å². The molecule has 0 saturated heterocycles. The molecule has 0 amide bonds. The quantitative estimate of drug-likeness (QED) is 0.694. The van der Waals surface area contributed by atoms with Crippen LogP contribution in [0.15, 0.2) is 35.5 Å². The Kier molecular flexibility index (Phi) is 12.7. The molecule has 0 fully saturated rings. The normalized spacial score (nSPS) is 16.6. The second kappa shape index (κ2) is 13.3. The van der Waals surface area contributed by atoms with Crippen LogP contribution in [0.5, 0.6) is 0 Å². The van der Waals surface area contributed by atoms with E-state index in [0.717, 1.165) is 11.8 Å². The molecule has 2 rings (SSSR count). The second-order valence-electron chi connectivity index (χ2n) is 5.94. The first-order valence-electron chi connectivity index (χ1n) is 8.66. The van der Waals surface area contributed by atoms with Crippen molar-refractivity contribution in [1.29, 1.82) is 0 Å². The molecule has 0 aromatic heterocycles. The highest BCUT2D eigenvalue weighted by atomic mass is 32.2. The molecule has 1 aromatic carbocycles. The first-order chi connectivity index (χ1) is 11.0. The number of nitrogens with one attached hydrogen (secondary N) is 1. The molecular formula is C19H35N3S. The molecule has 0 heterocycles. The van der Waals surface area contributed by atoms with Gasteiger partial charge in [0.2, 0.25) is 0 Å². The summed E-state index contributed by atoms with van der Waals surface area (Å²) < 4.78 is 0. The van der Waals surface area contributed by atoms with Gasteiger partial charge in [0.1, 0.15) is 0 Å². The van der Waals surface area contributed by atoms with Crippen LogP contribution in [0.3, 0.4) is 0 Å². The zero-order valence-corrected chi connectivity index (χ0v) is 16.2. The molecule has 132 valence electrons. The highest BCUT2D eigenvalue weighted by Crippen LogP contribution is 2.29. The lowest BCUT2D eigenvalue weighted by atomic mass is 9.88. The van der Waals surface area contributed by atoms with Crippen LogP contribution >= 0.6 is 11.8 Å². The number of aryl methyl sites for hydroxylation is 1. The lowest BCUT2D eigenvalue weighted by Crippen LogP contribution is -2.25. The maximum absolute atomic E-state index is 5.64. The molecule has 0 radical (unpaired) electrons. The Balaban J connectivity index is 0.000000705. The topological polar surface area (TPSA) is 64.1 Å². The van der Waals surface area contributed by atoms with Crippen LogP contribution in [0, 0.1) is 5.92 Å². The standard InChI is InChI=1S/C13H19N3S.C4H10.C2H6/c14-8-13(15)17-9-16-12-7-3-5-10-4-1-2-6-11(10)12;1-4(2)3;1-2/h1-2,4,6,8,12,16H,3,5,7,9,14-15H2;4H,1-3H3;1-2H3/b13-8-;;. The van der Waals surface area contributed by atoms with Gasteiger partial charge in [-0.3, -0.25) is 0 Å². The van der Waals surface area contributed by atoms with Gasteiger partial charge in [0.15, 0.2) is 0 Å². The van der Waals surface area contributed by atoms with Crippen LogP contribution in [-0.4, -0.2) is 5.88 Å². The Morgan fingerprint density at radius 1 is 1.30 bits per heavy atom. The van der Waals surface area contributed by atoms with Gasteiger partial charge in [-0.05, 0) is 36.3 Å². The molecule has 0 saturated carbocycles. The fourth-order valence-electron chi connectivity index (χ4n) is 2.24. The Bertz CT molecular complexity index is 441. The van der Waals surface area contributed by atoms with Crippen molar-refractivity contribution in [2.75, 3.05) is 5.88 Å². The van der Waals surface area contributed by atoms with Crippen molar-refractivity contribution in [3.63, 3.8) is 0 Å². The summed E-state index contributed by atoms with van der Waals surface area (Å²) in [7, 11) is 0. The number of hydrogen-bond acceptors (Lipinski definition) is 4. The summed E-state index contributed by atoms with van der Waals surface area (Å²) in [5.74, 6) is 1.64. The molecule has 1 atom stereocenters. The number of rotatable bonds is 4. The third-order valence-corrected chi connectivity index (χ3v) is 3.88. The molecule has 3 nitrogen and oxygen atoms in total. The minimum Gasteiger partial charge on any atom is -0.403 e. The van der Waals surface area contributed by atoms with E-state index < -0.39 is 0 Å². The molecule has 1 unspecified atom stereocenters. The molecule has 1 aliphatic rings. The minimum absolute atomic E-state index is 0.457. The Labute approximate surface area is 147 Å². The fourth-order valence-corrected chi connectivity index (χ4v) is 2.79. The summed E-state index contributed by atoms with van der Waals surface area (Å²) in [5, 5.41) is 4.20. The van der Waals surface area contributed by atoms with Crippen LogP contribution < -0.4 is 16.8 Å². The largest absolute Gasteiger partial charge is 0.403 e. The number of thioether (sulfide) groups is 1. The maximum Gasteiger partial charge on any atom is 0.0825 e. The van der Waals surface area contributed by atoms with Crippen molar-refractivity contribution < 1.29 is 0 Å².